The van der Waals surface area contributed by atoms with Gasteiger partial charge in [-0.1, -0.05) is 6.42 Å². The Morgan fingerprint density at radius 1 is 1.31 bits per heavy atom. The number of rotatable bonds is 3. The lowest BCUT2D eigenvalue weighted by Gasteiger charge is -2.33. The van der Waals surface area contributed by atoms with Crippen LogP contribution in [0.1, 0.15) is 26.2 Å². The van der Waals surface area contributed by atoms with Crippen LogP contribution in [0.2, 0.25) is 19.6 Å². The van der Waals surface area contributed by atoms with E-state index in [2.05, 4.69) is 31.9 Å². The maximum absolute atomic E-state index is 6.05. The summed E-state index contributed by atoms with van der Waals surface area (Å²) in [6.45, 7) is 10.1. The largest absolute Gasteiger partial charge is 0.413 e. The lowest BCUT2D eigenvalue weighted by Crippen LogP contribution is -2.46. The molecular weight excluding hydrogens is 178 g/mol. The summed E-state index contributed by atoms with van der Waals surface area (Å²) in [6, 6.07) is 0.598. The summed E-state index contributed by atoms with van der Waals surface area (Å²) in [5.41, 5.74) is 0. The summed E-state index contributed by atoms with van der Waals surface area (Å²) in [5, 5.41) is 3.54. The number of hydrogen-bond donors (Lipinski definition) is 1. The van der Waals surface area contributed by atoms with Gasteiger partial charge in [-0.25, -0.2) is 0 Å². The minimum absolute atomic E-state index is 0.395. The smallest absolute Gasteiger partial charge is 0.184 e. The number of piperidine rings is 1. The van der Waals surface area contributed by atoms with Gasteiger partial charge >= 0.3 is 0 Å². The summed E-state index contributed by atoms with van der Waals surface area (Å²) in [4.78, 5) is 0. The van der Waals surface area contributed by atoms with E-state index < -0.39 is 8.32 Å². The number of hydrogen-bond acceptors (Lipinski definition) is 2. The third-order valence-corrected chi connectivity index (χ3v) is 3.53. The molecule has 2 atom stereocenters. The van der Waals surface area contributed by atoms with Gasteiger partial charge in [0.25, 0.3) is 0 Å². The van der Waals surface area contributed by atoms with Crippen LogP contribution < -0.4 is 5.32 Å². The molecule has 1 saturated heterocycles. The highest BCUT2D eigenvalue weighted by molar-refractivity contribution is 6.69. The topological polar surface area (TPSA) is 21.3 Å². The first-order valence-electron chi connectivity index (χ1n) is 5.40. The van der Waals surface area contributed by atoms with Crippen molar-refractivity contribution in [3.8, 4) is 0 Å². The maximum atomic E-state index is 6.05. The predicted molar refractivity (Wildman–Crippen MR) is 59.5 cm³/mol. The summed E-state index contributed by atoms with van der Waals surface area (Å²) in [5.74, 6) is 0. The number of nitrogens with one attached hydrogen (secondary N) is 1. The summed E-state index contributed by atoms with van der Waals surface area (Å²) < 4.78 is 6.05. The Morgan fingerprint density at radius 3 is 2.46 bits per heavy atom. The minimum atomic E-state index is -1.34. The standard InChI is InChI=1S/C10H23NOSi/c1-9(12-13(2,3)4)10-7-5-6-8-11-10/h9-11H,5-8H2,1-4H3. The van der Waals surface area contributed by atoms with Gasteiger partial charge in [-0.05, 0) is 46.0 Å². The van der Waals surface area contributed by atoms with E-state index in [-0.39, 0.29) is 0 Å². The minimum Gasteiger partial charge on any atom is -0.413 e. The van der Waals surface area contributed by atoms with Crippen LogP contribution in [0.25, 0.3) is 0 Å². The molecule has 1 heterocycles. The molecule has 0 aromatic rings. The van der Waals surface area contributed by atoms with Crippen LogP contribution >= 0.6 is 0 Å². The first-order valence-corrected chi connectivity index (χ1v) is 8.81. The highest BCUT2D eigenvalue weighted by atomic mass is 28.4. The molecule has 0 aliphatic carbocycles. The molecule has 0 bridgehead atoms. The molecule has 1 N–H and O–H groups in total. The highest BCUT2D eigenvalue weighted by Crippen LogP contribution is 2.16. The van der Waals surface area contributed by atoms with E-state index in [9.17, 15) is 0 Å². The fourth-order valence-corrected chi connectivity index (χ4v) is 3.20. The Bertz CT molecular complexity index is 149. The van der Waals surface area contributed by atoms with E-state index in [1.54, 1.807) is 0 Å². The fraction of sp³-hybridized carbons (Fsp3) is 1.00. The van der Waals surface area contributed by atoms with Crippen LogP contribution in [0.4, 0.5) is 0 Å². The van der Waals surface area contributed by atoms with Crippen molar-refractivity contribution in [2.24, 2.45) is 0 Å². The molecule has 1 aliphatic rings. The van der Waals surface area contributed by atoms with E-state index in [1.165, 1.54) is 25.8 Å². The molecule has 0 spiro atoms. The van der Waals surface area contributed by atoms with Gasteiger partial charge in [0, 0.05) is 6.04 Å². The molecule has 0 radical (unpaired) electrons. The molecule has 0 aromatic heterocycles. The van der Waals surface area contributed by atoms with Crippen molar-refractivity contribution in [2.45, 2.75) is 58.0 Å². The Morgan fingerprint density at radius 2 is 2.00 bits per heavy atom. The van der Waals surface area contributed by atoms with Gasteiger partial charge in [0.05, 0.1) is 6.10 Å². The second kappa shape index (κ2) is 4.58. The van der Waals surface area contributed by atoms with Crippen molar-refractivity contribution in [1.82, 2.24) is 5.32 Å². The molecule has 2 nitrogen and oxygen atoms in total. The van der Waals surface area contributed by atoms with Crippen molar-refractivity contribution in [3.05, 3.63) is 0 Å². The van der Waals surface area contributed by atoms with Crippen LogP contribution in [0, 0.1) is 0 Å². The Kier molecular flexibility index (Phi) is 3.95. The second-order valence-electron chi connectivity index (χ2n) is 4.99. The lowest BCUT2D eigenvalue weighted by molar-refractivity contribution is 0.146. The molecule has 3 heteroatoms. The van der Waals surface area contributed by atoms with E-state index >= 15 is 0 Å². The fourth-order valence-electron chi connectivity index (χ4n) is 1.92. The van der Waals surface area contributed by atoms with Gasteiger partial charge < -0.3 is 9.74 Å². The summed E-state index contributed by atoms with van der Waals surface area (Å²) in [7, 11) is -1.34. The SMILES string of the molecule is CC(O[Si](C)(C)C)C1CCCCN1. The van der Waals surface area contributed by atoms with E-state index in [0.717, 1.165) is 0 Å². The Balaban J connectivity index is 2.33. The first kappa shape index (κ1) is 11.2. The van der Waals surface area contributed by atoms with E-state index in [0.29, 0.717) is 12.1 Å². The van der Waals surface area contributed by atoms with Gasteiger partial charge in [-0.3, -0.25) is 0 Å². The van der Waals surface area contributed by atoms with Gasteiger partial charge in [0.15, 0.2) is 8.32 Å². The third-order valence-electron chi connectivity index (χ3n) is 2.45. The molecule has 13 heavy (non-hydrogen) atoms. The third kappa shape index (κ3) is 4.25. The predicted octanol–water partition coefficient (Wildman–Crippen LogP) is 2.37. The van der Waals surface area contributed by atoms with Gasteiger partial charge in [-0.15, -0.1) is 0 Å². The van der Waals surface area contributed by atoms with Gasteiger partial charge in [0.1, 0.15) is 0 Å². The molecule has 1 aliphatic heterocycles. The van der Waals surface area contributed by atoms with Crippen molar-refractivity contribution >= 4 is 8.32 Å². The molecule has 0 aromatic carbocycles. The molecule has 0 amide bonds. The highest BCUT2D eigenvalue weighted by Gasteiger charge is 2.25. The van der Waals surface area contributed by atoms with Crippen molar-refractivity contribution in [2.75, 3.05) is 6.54 Å². The molecular formula is C10H23NOSi. The molecule has 1 fully saturated rings. The average Bonchev–Trinajstić information content (AvgIpc) is 2.03. The van der Waals surface area contributed by atoms with E-state index in [1.807, 2.05) is 0 Å². The summed E-state index contributed by atoms with van der Waals surface area (Å²) >= 11 is 0. The van der Waals surface area contributed by atoms with Crippen molar-refractivity contribution < 1.29 is 4.43 Å². The van der Waals surface area contributed by atoms with Crippen LogP contribution in [-0.4, -0.2) is 27.0 Å². The van der Waals surface area contributed by atoms with Gasteiger partial charge in [0.2, 0.25) is 0 Å². The lowest BCUT2D eigenvalue weighted by atomic mass is 10.0. The van der Waals surface area contributed by atoms with Crippen LogP contribution in [0.3, 0.4) is 0 Å². The van der Waals surface area contributed by atoms with E-state index in [4.69, 9.17) is 4.43 Å². The van der Waals surface area contributed by atoms with Crippen LogP contribution in [0.15, 0.2) is 0 Å². The zero-order valence-corrected chi connectivity index (χ0v) is 10.4. The molecule has 78 valence electrons. The zero-order chi connectivity index (χ0) is 9.90. The monoisotopic (exact) mass is 201 g/mol. The van der Waals surface area contributed by atoms with Crippen LogP contribution in [0.5, 0.6) is 0 Å². The molecule has 0 saturated carbocycles. The first-order chi connectivity index (χ1) is 5.99. The maximum Gasteiger partial charge on any atom is 0.184 e. The Labute approximate surface area is 83.2 Å². The molecule has 1 rings (SSSR count). The average molecular weight is 201 g/mol. The van der Waals surface area contributed by atoms with Crippen molar-refractivity contribution in [3.63, 3.8) is 0 Å². The van der Waals surface area contributed by atoms with Crippen LogP contribution in [-0.2, 0) is 4.43 Å². The second-order valence-corrected chi connectivity index (χ2v) is 9.45. The summed E-state index contributed by atoms with van der Waals surface area (Å²) in [6.07, 6.45) is 4.37. The molecule has 2 unspecified atom stereocenters. The normalized spacial score (nSPS) is 27.2. The van der Waals surface area contributed by atoms with Gasteiger partial charge in [-0.2, -0.15) is 0 Å². The Hall–Kier alpha value is 0.137. The quantitative estimate of drug-likeness (QED) is 0.708. The zero-order valence-electron chi connectivity index (χ0n) is 9.39. The van der Waals surface area contributed by atoms with Crippen molar-refractivity contribution in [1.29, 1.82) is 0 Å².